The number of nitrogens with two attached hydrogens (primary N) is 1. The molecular weight excluding hydrogens is 255 g/mol. The third kappa shape index (κ3) is 3.52. The summed E-state index contributed by atoms with van der Waals surface area (Å²) in [6.07, 6.45) is -7.24. The van der Waals surface area contributed by atoms with Crippen molar-refractivity contribution in [2.24, 2.45) is 0 Å². The largest absolute Gasteiger partial charge is 0.416 e. The predicted octanol–water partition coefficient (Wildman–Crippen LogP) is 1.61. The van der Waals surface area contributed by atoms with Gasteiger partial charge in [-0.15, -0.1) is 0 Å². The zero-order valence-electron chi connectivity index (χ0n) is 8.65. The van der Waals surface area contributed by atoms with E-state index < -0.39 is 23.9 Å². The molecule has 17 heavy (non-hydrogen) atoms. The van der Waals surface area contributed by atoms with Gasteiger partial charge in [0, 0.05) is 11.4 Å². The molecule has 0 aliphatic heterocycles. The van der Waals surface area contributed by atoms with E-state index in [0.717, 1.165) is 12.1 Å². The van der Waals surface area contributed by atoms with Gasteiger partial charge in [-0.3, -0.25) is 0 Å². The molecule has 7 heteroatoms. The van der Waals surface area contributed by atoms with Crippen molar-refractivity contribution in [3.05, 3.63) is 29.3 Å². The molecular formula is C10H12F3NO2S. The molecule has 1 rings (SSSR count). The van der Waals surface area contributed by atoms with Crippen LogP contribution in [0.2, 0.25) is 0 Å². The van der Waals surface area contributed by atoms with Crippen molar-refractivity contribution in [3.63, 3.8) is 0 Å². The van der Waals surface area contributed by atoms with E-state index in [2.05, 4.69) is 12.6 Å². The van der Waals surface area contributed by atoms with Crippen LogP contribution in [0.3, 0.4) is 0 Å². The molecule has 0 aliphatic rings. The molecule has 3 nitrogen and oxygen atoms in total. The number of hydrogen-bond donors (Lipinski definition) is 4. The lowest BCUT2D eigenvalue weighted by molar-refractivity contribution is -0.137. The van der Waals surface area contributed by atoms with Gasteiger partial charge in [0.25, 0.3) is 0 Å². The Labute approximate surface area is 101 Å². The van der Waals surface area contributed by atoms with Gasteiger partial charge in [0.15, 0.2) is 0 Å². The van der Waals surface area contributed by atoms with Crippen LogP contribution in [0, 0.1) is 0 Å². The summed E-state index contributed by atoms with van der Waals surface area (Å²) in [5.74, 6) is -0.0721. The van der Waals surface area contributed by atoms with Crippen LogP contribution < -0.4 is 5.73 Å². The first-order valence-corrected chi connectivity index (χ1v) is 5.33. The van der Waals surface area contributed by atoms with Crippen LogP contribution in [-0.2, 0) is 6.18 Å². The molecule has 2 atom stereocenters. The molecule has 1 aromatic carbocycles. The van der Waals surface area contributed by atoms with E-state index in [1.54, 1.807) is 0 Å². The number of halogens is 3. The van der Waals surface area contributed by atoms with Crippen molar-refractivity contribution in [2.75, 3.05) is 11.5 Å². The molecule has 0 heterocycles. The van der Waals surface area contributed by atoms with Gasteiger partial charge >= 0.3 is 6.18 Å². The fraction of sp³-hybridized carbons (Fsp3) is 0.400. The summed E-state index contributed by atoms with van der Waals surface area (Å²) in [6, 6.07) is 2.71. The number of hydrogen-bond acceptors (Lipinski definition) is 4. The highest BCUT2D eigenvalue weighted by atomic mass is 32.1. The zero-order chi connectivity index (χ0) is 13.2. The number of alkyl halides is 3. The van der Waals surface area contributed by atoms with E-state index in [1.807, 2.05) is 0 Å². The van der Waals surface area contributed by atoms with Crippen molar-refractivity contribution >= 4 is 18.3 Å². The van der Waals surface area contributed by atoms with Crippen LogP contribution in [0.5, 0.6) is 0 Å². The third-order valence-corrected chi connectivity index (χ3v) is 2.57. The average molecular weight is 267 g/mol. The Bertz CT molecular complexity index is 398. The molecule has 0 aliphatic carbocycles. The molecule has 96 valence electrons. The second-order valence-electron chi connectivity index (χ2n) is 3.58. The molecule has 0 radical (unpaired) electrons. The van der Waals surface area contributed by atoms with Crippen molar-refractivity contribution in [2.45, 2.75) is 18.4 Å². The van der Waals surface area contributed by atoms with E-state index in [0.29, 0.717) is 0 Å². The molecule has 4 N–H and O–H groups in total. The minimum Gasteiger partial charge on any atom is -0.399 e. The Morgan fingerprint density at radius 2 is 1.82 bits per heavy atom. The molecule has 0 saturated heterocycles. The number of anilines is 1. The maximum Gasteiger partial charge on any atom is 0.416 e. The normalized spacial score (nSPS) is 15.6. The van der Waals surface area contributed by atoms with Crippen LogP contribution in [0.25, 0.3) is 0 Å². The van der Waals surface area contributed by atoms with Crippen molar-refractivity contribution in [3.8, 4) is 0 Å². The van der Waals surface area contributed by atoms with Gasteiger partial charge < -0.3 is 15.9 Å². The fourth-order valence-corrected chi connectivity index (χ4v) is 1.53. The first-order valence-electron chi connectivity index (χ1n) is 4.70. The van der Waals surface area contributed by atoms with Gasteiger partial charge in [-0.05, 0) is 23.8 Å². The monoisotopic (exact) mass is 267 g/mol. The average Bonchev–Trinajstić information content (AvgIpc) is 2.25. The summed E-state index contributed by atoms with van der Waals surface area (Å²) in [6.45, 7) is 0. The number of nitrogen functional groups attached to an aromatic ring is 1. The summed E-state index contributed by atoms with van der Waals surface area (Å²) in [5.41, 5.74) is 4.15. The molecule has 0 amide bonds. The summed E-state index contributed by atoms with van der Waals surface area (Å²) >= 11 is 3.75. The standard InChI is InChI=1S/C10H12F3NO2S/c11-10(12,13)6-1-5(2-7(14)3-6)9(16)8(15)4-17/h1-3,8-9,15-17H,4,14H2. The van der Waals surface area contributed by atoms with Crippen molar-refractivity contribution < 1.29 is 23.4 Å². The van der Waals surface area contributed by atoms with Gasteiger partial charge in [-0.2, -0.15) is 25.8 Å². The Hall–Kier alpha value is -0.920. The highest BCUT2D eigenvalue weighted by Gasteiger charge is 2.32. The lowest BCUT2D eigenvalue weighted by Crippen LogP contribution is -2.20. The van der Waals surface area contributed by atoms with Gasteiger partial charge in [0.1, 0.15) is 6.10 Å². The minimum atomic E-state index is -4.55. The van der Waals surface area contributed by atoms with Crippen LogP contribution in [0.1, 0.15) is 17.2 Å². The topological polar surface area (TPSA) is 66.5 Å². The van der Waals surface area contributed by atoms with E-state index in [1.165, 1.54) is 6.07 Å². The Kier molecular flexibility index (Phi) is 4.29. The number of benzene rings is 1. The van der Waals surface area contributed by atoms with Gasteiger partial charge in [-0.25, -0.2) is 0 Å². The first-order chi connectivity index (χ1) is 7.75. The van der Waals surface area contributed by atoms with Crippen LogP contribution >= 0.6 is 12.6 Å². The van der Waals surface area contributed by atoms with E-state index >= 15 is 0 Å². The summed E-state index contributed by atoms with van der Waals surface area (Å²) in [4.78, 5) is 0. The Balaban J connectivity index is 3.14. The first kappa shape index (κ1) is 14.1. The maximum absolute atomic E-state index is 12.5. The lowest BCUT2D eigenvalue weighted by Gasteiger charge is -2.18. The quantitative estimate of drug-likeness (QED) is 0.497. The van der Waals surface area contributed by atoms with Crippen LogP contribution in [-0.4, -0.2) is 22.1 Å². The molecule has 0 fully saturated rings. The highest BCUT2D eigenvalue weighted by molar-refractivity contribution is 7.80. The van der Waals surface area contributed by atoms with Gasteiger partial charge in [0.2, 0.25) is 0 Å². The summed E-state index contributed by atoms with van der Waals surface area (Å²) in [5, 5.41) is 18.9. The molecule has 1 aromatic rings. The third-order valence-electron chi connectivity index (χ3n) is 2.20. The smallest absolute Gasteiger partial charge is 0.399 e. The Morgan fingerprint density at radius 1 is 1.24 bits per heavy atom. The molecule has 0 bridgehead atoms. The number of rotatable bonds is 3. The number of aliphatic hydroxyl groups is 2. The summed E-state index contributed by atoms with van der Waals surface area (Å²) in [7, 11) is 0. The van der Waals surface area contributed by atoms with Crippen LogP contribution in [0.4, 0.5) is 18.9 Å². The molecule has 0 aromatic heterocycles. The second-order valence-corrected chi connectivity index (χ2v) is 3.95. The molecule has 0 spiro atoms. The Morgan fingerprint density at radius 3 is 2.29 bits per heavy atom. The van der Waals surface area contributed by atoms with Gasteiger partial charge in [-0.1, -0.05) is 0 Å². The minimum absolute atomic E-state index is 0.0721. The van der Waals surface area contributed by atoms with Gasteiger partial charge in [0.05, 0.1) is 11.7 Å². The van der Waals surface area contributed by atoms with Crippen molar-refractivity contribution in [1.82, 2.24) is 0 Å². The van der Waals surface area contributed by atoms with Crippen molar-refractivity contribution in [1.29, 1.82) is 0 Å². The second kappa shape index (κ2) is 5.16. The van der Waals surface area contributed by atoms with E-state index in [4.69, 9.17) is 5.73 Å². The summed E-state index contributed by atoms with van der Waals surface area (Å²) < 4.78 is 37.4. The zero-order valence-corrected chi connectivity index (χ0v) is 9.54. The number of thiol groups is 1. The molecule has 0 saturated carbocycles. The van der Waals surface area contributed by atoms with E-state index in [-0.39, 0.29) is 17.0 Å². The lowest BCUT2D eigenvalue weighted by atomic mass is 10.0. The fourth-order valence-electron chi connectivity index (χ4n) is 1.33. The van der Waals surface area contributed by atoms with E-state index in [9.17, 15) is 23.4 Å². The van der Waals surface area contributed by atoms with Crippen LogP contribution in [0.15, 0.2) is 18.2 Å². The highest BCUT2D eigenvalue weighted by Crippen LogP contribution is 2.33. The SMILES string of the molecule is Nc1cc(C(O)C(O)CS)cc(C(F)(F)F)c1. The predicted molar refractivity (Wildman–Crippen MR) is 60.7 cm³/mol. The molecule has 2 unspecified atom stereocenters. The number of aliphatic hydroxyl groups excluding tert-OH is 2. The maximum atomic E-state index is 12.5.